The maximum Gasteiger partial charge on any atom is 0.305 e. The standard InChI is InChI=1S/C28H47NO11/c1-3-4-28(31)40-24-22-38-20-18-36-16-14-34-12-10-32-9-11-33-13-15-35-17-19-37-21-23-39-27-7-5-26(6-8-27)29-25(2)30/h5-8H,3-4,9-24H2,1-2H3,(H,29,30). The molecule has 0 aliphatic heterocycles. The highest BCUT2D eigenvalue weighted by Crippen LogP contribution is 2.15. The van der Waals surface area contributed by atoms with E-state index in [-0.39, 0.29) is 18.5 Å². The molecule has 0 saturated heterocycles. The number of hydrogen-bond donors (Lipinski definition) is 1. The van der Waals surface area contributed by atoms with E-state index in [0.717, 1.165) is 12.1 Å². The fourth-order valence-corrected chi connectivity index (χ4v) is 2.97. The van der Waals surface area contributed by atoms with E-state index in [0.29, 0.717) is 111 Å². The number of hydrogen-bond acceptors (Lipinski definition) is 11. The Balaban J connectivity index is 1.71. The average molecular weight is 574 g/mol. The average Bonchev–Trinajstić information content (AvgIpc) is 2.93. The number of amides is 1. The van der Waals surface area contributed by atoms with Gasteiger partial charge in [0.1, 0.15) is 19.0 Å². The number of esters is 1. The SMILES string of the molecule is CCCC(=O)OCCOCCOCCOCCOCCOCCOCCOCCOc1ccc(NC(C)=O)cc1. The van der Waals surface area contributed by atoms with Gasteiger partial charge in [-0.1, -0.05) is 6.92 Å². The number of anilines is 1. The van der Waals surface area contributed by atoms with Crippen LogP contribution in [0.3, 0.4) is 0 Å². The second-order valence-electron chi connectivity index (χ2n) is 8.31. The summed E-state index contributed by atoms with van der Waals surface area (Å²) in [6, 6.07) is 7.16. The molecule has 0 fully saturated rings. The van der Waals surface area contributed by atoms with Crippen molar-refractivity contribution in [1.82, 2.24) is 0 Å². The van der Waals surface area contributed by atoms with Gasteiger partial charge in [-0.3, -0.25) is 9.59 Å². The highest BCUT2D eigenvalue weighted by atomic mass is 16.6. The van der Waals surface area contributed by atoms with Gasteiger partial charge in [0, 0.05) is 19.0 Å². The minimum absolute atomic E-state index is 0.109. The van der Waals surface area contributed by atoms with E-state index in [2.05, 4.69) is 5.32 Å². The first-order valence-corrected chi connectivity index (χ1v) is 13.8. The van der Waals surface area contributed by atoms with Gasteiger partial charge in [-0.15, -0.1) is 0 Å². The Bertz CT molecular complexity index is 733. The second-order valence-corrected chi connectivity index (χ2v) is 8.31. The summed E-state index contributed by atoms with van der Waals surface area (Å²) in [7, 11) is 0. The lowest BCUT2D eigenvalue weighted by Gasteiger charge is -2.09. The van der Waals surface area contributed by atoms with Crippen molar-refractivity contribution >= 4 is 17.6 Å². The number of rotatable bonds is 28. The fraction of sp³-hybridized carbons (Fsp3) is 0.714. The largest absolute Gasteiger partial charge is 0.491 e. The third kappa shape index (κ3) is 23.6. The summed E-state index contributed by atoms with van der Waals surface area (Å²) in [5, 5.41) is 2.70. The first kappa shape index (κ1) is 35.7. The van der Waals surface area contributed by atoms with E-state index in [9.17, 15) is 9.59 Å². The Kier molecular flexibility index (Phi) is 24.0. The highest BCUT2D eigenvalue weighted by molar-refractivity contribution is 5.88. The maximum atomic E-state index is 11.2. The molecule has 1 aromatic rings. The van der Waals surface area contributed by atoms with Crippen molar-refractivity contribution in [2.45, 2.75) is 26.7 Å². The summed E-state index contributed by atoms with van der Waals surface area (Å²) in [5.74, 6) is 0.415. The molecule has 40 heavy (non-hydrogen) atoms. The van der Waals surface area contributed by atoms with Crippen molar-refractivity contribution in [3.63, 3.8) is 0 Å². The van der Waals surface area contributed by atoms with Crippen LogP contribution in [0.25, 0.3) is 0 Å². The minimum atomic E-state index is -0.190. The molecule has 12 nitrogen and oxygen atoms in total. The van der Waals surface area contributed by atoms with Gasteiger partial charge in [-0.25, -0.2) is 0 Å². The summed E-state index contributed by atoms with van der Waals surface area (Å²) in [4.78, 5) is 22.2. The van der Waals surface area contributed by atoms with Gasteiger partial charge in [0.2, 0.25) is 5.91 Å². The molecule has 0 radical (unpaired) electrons. The van der Waals surface area contributed by atoms with E-state index in [4.69, 9.17) is 42.6 Å². The molecule has 0 aliphatic carbocycles. The van der Waals surface area contributed by atoms with Crippen LogP contribution >= 0.6 is 0 Å². The molecule has 0 saturated carbocycles. The van der Waals surface area contributed by atoms with Crippen LogP contribution in [0.4, 0.5) is 5.69 Å². The monoisotopic (exact) mass is 573 g/mol. The van der Waals surface area contributed by atoms with Gasteiger partial charge in [0.25, 0.3) is 0 Å². The molecule has 0 aromatic heterocycles. The van der Waals surface area contributed by atoms with Crippen molar-refractivity contribution < 1.29 is 52.2 Å². The molecular formula is C28H47NO11. The van der Waals surface area contributed by atoms with Gasteiger partial charge >= 0.3 is 5.97 Å². The van der Waals surface area contributed by atoms with Gasteiger partial charge in [0.15, 0.2) is 0 Å². The van der Waals surface area contributed by atoms with Gasteiger partial charge in [-0.2, -0.15) is 0 Å². The van der Waals surface area contributed by atoms with Crippen LogP contribution in [-0.4, -0.2) is 118 Å². The second kappa shape index (κ2) is 26.9. The molecular weight excluding hydrogens is 526 g/mol. The Labute approximate surface area is 237 Å². The Morgan fingerprint density at radius 2 is 0.950 bits per heavy atom. The lowest BCUT2D eigenvalue weighted by molar-refractivity contribution is -0.145. The molecule has 12 heteroatoms. The molecule has 230 valence electrons. The Hall–Kier alpha value is -2.32. The summed E-state index contributed by atoms with van der Waals surface area (Å²) in [6.45, 7) is 10.7. The van der Waals surface area contributed by atoms with Crippen LogP contribution in [0.2, 0.25) is 0 Å². The number of ether oxygens (including phenoxy) is 9. The van der Waals surface area contributed by atoms with E-state index in [1.807, 2.05) is 6.92 Å². The van der Waals surface area contributed by atoms with Crippen molar-refractivity contribution in [1.29, 1.82) is 0 Å². The van der Waals surface area contributed by atoms with Crippen molar-refractivity contribution in [2.24, 2.45) is 0 Å². The van der Waals surface area contributed by atoms with E-state index < -0.39 is 0 Å². The first-order valence-electron chi connectivity index (χ1n) is 13.8. The zero-order valence-electron chi connectivity index (χ0n) is 24.0. The quantitative estimate of drug-likeness (QED) is 0.117. The zero-order valence-corrected chi connectivity index (χ0v) is 24.0. The molecule has 0 unspecified atom stereocenters. The summed E-state index contributed by atoms with van der Waals surface area (Å²) < 4.78 is 48.6. The number of nitrogens with one attached hydrogen (secondary N) is 1. The predicted octanol–water partition coefficient (Wildman–Crippen LogP) is 2.48. The van der Waals surface area contributed by atoms with Crippen LogP contribution < -0.4 is 10.1 Å². The summed E-state index contributed by atoms with van der Waals surface area (Å²) >= 11 is 0. The van der Waals surface area contributed by atoms with Crippen LogP contribution in [0.1, 0.15) is 26.7 Å². The van der Waals surface area contributed by atoms with Crippen molar-refractivity contribution in [3.05, 3.63) is 24.3 Å². The van der Waals surface area contributed by atoms with Crippen LogP contribution in [0.15, 0.2) is 24.3 Å². The number of carbonyl (C=O) groups excluding carboxylic acids is 2. The zero-order chi connectivity index (χ0) is 28.9. The highest BCUT2D eigenvalue weighted by Gasteiger charge is 2.00. The molecule has 1 aromatic carbocycles. The number of benzene rings is 1. The topological polar surface area (TPSA) is 129 Å². The van der Waals surface area contributed by atoms with E-state index in [1.54, 1.807) is 24.3 Å². The van der Waals surface area contributed by atoms with E-state index >= 15 is 0 Å². The van der Waals surface area contributed by atoms with Crippen LogP contribution in [0, 0.1) is 0 Å². The lowest BCUT2D eigenvalue weighted by atomic mass is 10.3. The van der Waals surface area contributed by atoms with Gasteiger partial charge < -0.3 is 47.9 Å². The van der Waals surface area contributed by atoms with Crippen molar-refractivity contribution in [3.8, 4) is 5.75 Å². The smallest absolute Gasteiger partial charge is 0.305 e. The molecule has 0 heterocycles. The van der Waals surface area contributed by atoms with Gasteiger partial charge in [0.05, 0.1) is 92.5 Å². The molecule has 1 amide bonds. The van der Waals surface area contributed by atoms with Gasteiger partial charge in [-0.05, 0) is 30.7 Å². The van der Waals surface area contributed by atoms with Crippen molar-refractivity contribution in [2.75, 3.05) is 111 Å². The summed E-state index contributed by atoms with van der Waals surface area (Å²) in [6.07, 6.45) is 1.22. The molecule has 0 spiro atoms. The molecule has 1 rings (SSSR count). The Morgan fingerprint density at radius 3 is 1.32 bits per heavy atom. The van der Waals surface area contributed by atoms with Crippen LogP contribution in [0.5, 0.6) is 5.75 Å². The molecule has 1 N–H and O–H groups in total. The third-order valence-electron chi connectivity index (χ3n) is 4.85. The third-order valence-corrected chi connectivity index (χ3v) is 4.85. The first-order chi connectivity index (χ1) is 19.6. The fourth-order valence-electron chi connectivity index (χ4n) is 2.97. The minimum Gasteiger partial charge on any atom is -0.491 e. The lowest BCUT2D eigenvalue weighted by Crippen LogP contribution is -2.15. The van der Waals surface area contributed by atoms with Crippen LogP contribution in [-0.2, 0) is 47.5 Å². The predicted molar refractivity (Wildman–Crippen MR) is 148 cm³/mol. The maximum absolute atomic E-state index is 11.2. The normalized spacial score (nSPS) is 10.9. The molecule has 0 aliphatic rings. The number of carbonyl (C=O) groups is 2. The summed E-state index contributed by atoms with van der Waals surface area (Å²) in [5.41, 5.74) is 0.730. The van der Waals surface area contributed by atoms with E-state index in [1.165, 1.54) is 6.92 Å². The molecule has 0 atom stereocenters. The Morgan fingerprint density at radius 1 is 0.575 bits per heavy atom. The molecule has 0 bridgehead atoms.